The molecule has 0 bridgehead atoms. The molecular weight excluding hydrogens is 310 g/mol. The highest BCUT2D eigenvalue weighted by Gasteiger charge is 2.09. The Morgan fingerprint density at radius 3 is 2.61 bits per heavy atom. The third-order valence-corrected chi connectivity index (χ3v) is 4.20. The third-order valence-electron chi connectivity index (χ3n) is 2.56. The van der Waals surface area contributed by atoms with E-state index in [2.05, 4.69) is 15.9 Å². The molecule has 0 heterocycles. The van der Waals surface area contributed by atoms with Crippen molar-refractivity contribution in [3.8, 4) is 0 Å². The number of halogens is 1. The molecule has 1 atom stereocenters. The van der Waals surface area contributed by atoms with Gasteiger partial charge in [0.2, 0.25) is 0 Å². The molecule has 0 radical (unpaired) electrons. The number of thioether (sulfide) groups is 1. The Hall–Kier alpha value is -0.970. The largest absolute Gasteiger partial charge is 0.398 e. The summed E-state index contributed by atoms with van der Waals surface area (Å²) in [6.45, 7) is 0. The van der Waals surface area contributed by atoms with Gasteiger partial charge in [0.15, 0.2) is 0 Å². The van der Waals surface area contributed by atoms with Crippen molar-refractivity contribution in [3.63, 3.8) is 0 Å². The predicted molar refractivity (Wildman–Crippen MR) is 80.7 cm³/mol. The van der Waals surface area contributed by atoms with E-state index in [4.69, 9.17) is 5.73 Å². The molecule has 18 heavy (non-hydrogen) atoms. The van der Waals surface area contributed by atoms with Crippen LogP contribution in [0.15, 0.2) is 57.9 Å². The zero-order chi connectivity index (χ0) is 13.0. The van der Waals surface area contributed by atoms with E-state index in [-0.39, 0.29) is 0 Å². The number of anilines is 1. The molecule has 0 amide bonds. The molecule has 0 aliphatic rings. The highest BCUT2D eigenvalue weighted by atomic mass is 79.9. The first kappa shape index (κ1) is 13.5. The van der Waals surface area contributed by atoms with Crippen molar-refractivity contribution in [3.05, 3.63) is 58.6 Å². The fraction of sp³-hybridized carbons (Fsp3) is 0.143. The first-order valence-corrected chi connectivity index (χ1v) is 7.35. The van der Waals surface area contributed by atoms with Gasteiger partial charge >= 0.3 is 0 Å². The molecule has 4 heteroatoms. The van der Waals surface area contributed by atoms with Crippen LogP contribution in [0.1, 0.15) is 11.7 Å². The van der Waals surface area contributed by atoms with Crippen molar-refractivity contribution >= 4 is 33.4 Å². The molecule has 1 unspecified atom stereocenters. The summed E-state index contributed by atoms with van der Waals surface area (Å²) in [5.74, 6) is 0.588. The highest BCUT2D eigenvalue weighted by Crippen LogP contribution is 2.31. The summed E-state index contributed by atoms with van der Waals surface area (Å²) in [7, 11) is 0. The zero-order valence-electron chi connectivity index (χ0n) is 9.71. The van der Waals surface area contributed by atoms with E-state index in [9.17, 15) is 5.11 Å². The van der Waals surface area contributed by atoms with Gasteiger partial charge in [-0.3, -0.25) is 0 Å². The molecule has 0 fully saturated rings. The number of aliphatic hydroxyl groups is 1. The lowest BCUT2D eigenvalue weighted by Gasteiger charge is -2.11. The van der Waals surface area contributed by atoms with Gasteiger partial charge in [-0.1, -0.05) is 46.3 Å². The molecule has 0 spiro atoms. The molecule has 0 saturated heterocycles. The van der Waals surface area contributed by atoms with E-state index in [1.54, 1.807) is 11.8 Å². The maximum absolute atomic E-state index is 10.1. The Bertz CT molecular complexity index is 518. The Balaban J connectivity index is 2.01. The summed E-state index contributed by atoms with van der Waals surface area (Å²) < 4.78 is 0.994. The first-order valence-electron chi connectivity index (χ1n) is 5.57. The van der Waals surface area contributed by atoms with Crippen molar-refractivity contribution in [1.29, 1.82) is 0 Å². The fourth-order valence-corrected chi connectivity index (χ4v) is 3.06. The van der Waals surface area contributed by atoms with Crippen LogP contribution in [0, 0.1) is 0 Å². The van der Waals surface area contributed by atoms with Crippen LogP contribution in [0.5, 0.6) is 0 Å². The van der Waals surface area contributed by atoms with Gasteiger partial charge in [-0.2, -0.15) is 0 Å². The molecule has 94 valence electrons. The average Bonchev–Trinajstić information content (AvgIpc) is 2.40. The van der Waals surface area contributed by atoms with E-state index in [1.165, 1.54) is 0 Å². The van der Waals surface area contributed by atoms with Gasteiger partial charge in [-0.25, -0.2) is 0 Å². The molecule has 0 aliphatic heterocycles. The lowest BCUT2D eigenvalue weighted by atomic mass is 10.1. The van der Waals surface area contributed by atoms with E-state index in [0.717, 1.165) is 20.6 Å². The maximum Gasteiger partial charge on any atom is 0.0883 e. The van der Waals surface area contributed by atoms with Gasteiger partial charge in [-0.05, 0) is 23.8 Å². The van der Waals surface area contributed by atoms with Crippen LogP contribution in [0.3, 0.4) is 0 Å². The molecule has 3 N–H and O–H groups in total. The Morgan fingerprint density at radius 1 is 1.17 bits per heavy atom. The minimum Gasteiger partial charge on any atom is -0.398 e. The van der Waals surface area contributed by atoms with Crippen molar-refractivity contribution in [2.75, 3.05) is 11.5 Å². The van der Waals surface area contributed by atoms with Gasteiger partial charge in [0.05, 0.1) is 6.10 Å². The normalized spacial score (nSPS) is 12.3. The van der Waals surface area contributed by atoms with Crippen molar-refractivity contribution in [2.45, 2.75) is 11.0 Å². The molecule has 2 aromatic rings. The Kier molecular flexibility index (Phi) is 4.69. The quantitative estimate of drug-likeness (QED) is 0.663. The van der Waals surface area contributed by atoms with Crippen LogP contribution in [-0.2, 0) is 0 Å². The fourth-order valence-electron chi connectivity index (χ4n) is 1.57. The van der Waals surface area contributed by atoms with Crippen LogP contribution < -0.4 is 5.73 Å². The lowest BCUT2D eigenvalue weighted by molar-refractivity contribution is 0.204. The molecule has 0 aromatic heterocycles. The number of benzene rings is 2. The predicted octanol–water partition coefficient (Wildman–Crippen LogP) is 3.86. The van der Waals surface area contributed by atoms with Crippen molar-refractivity contribution in [1.82, 2.24) is 0 Å². The molecule has 2 nitrogen and oxygen atoms in total. The average molecular weight is 324 g/mol. The molecular formula is C14H14BrNOS. The third kappa shape index (κ3) is 3.51. The van der Waals surface area contributed by atoms with Crippen LogP contribution in [0.4, 0.5) is 5.69 Å². The summed E-state index contributed by atoms with van der Waals surface area (Å²) in [5.41, 5.74) is 7.56. The SMILES string of the molecule is Nc1ccc(Br)cc1SCC(O)c1ccccc1. The van der Waals surface area contributed by atoms with Crippen LogP contribution in [0.25, 0.3) is 0 Å². The number of rotatable bonds is 4. The van der Waals surface area contributed by atoms with E-state index in [1.807, 2.05) is 48.5 Å². The number of hydrogen-bond acceptors (Lipinski definition) is 3. The second kappa shape index (κ2) is 6.27. The van der Waals surface area contributed by atoms with E-state index >= 15 is 0 Å². The van der Waals surface area contributed by atoms with E-state index in [0.29, 0.717) is 5.75 Å². The number of nitrogens with two attached hydrogens (primary N) is 1. The second-order valence-electron chi connectivity index (χ2n) is 3.92. The summed E-state index contributed by atoms with van der Waals surface area (Å²) in [4.78, 5) is 0.986. The Morgan fingerprint density at radius 2 is 1.89 bits per heavy atom. The number of hydrogen-bond donors (Lipinski definition) is 2. The highest BCUT2D eigenvalue weighted by molar-refractivity contribution is 9.10. The van der Waals surface area contributed by atoms with Gasteiger partial charge < -0.3 is 10.8 Å². The van der Waals surface area contributed by atoms with Gasteiger partial charge in [0.1, 0.15) is 0 Å². The summed E-state index contributed by atoms with van der Waals surface area (Å²) in [6.07, 6.45) is -0.477. The summed E-state index contributed by atoms with van der Waals surface area (Å²) in [5, 5.41) is 10.1. The van der Waals surface area contributed by atoms with Crippen molar-refractivity contribution in [2.24, 2.45) is 0 Å². The molecule has 2 aromatic carbocycles. The molecule has 2 rings (SSSR count). The van der Waals surface area contributed by atoms with Crippen LogP contribution >= 0.6 is 27.7 Å². The number of aliphatic hydroxyl groups excluding tert-OH is 1. The van der Waals surface area contributed by atoms with E-state index < -0.39 is 6.10 Å². The van der Waals surface area contributed by atoms with Crippen LogP contribution in [0.2, 0.25) is 0 Å². The van der Waals surface area contributed by atoms with Gasteiger partial charge in [0.25, 0.3) is 0 Å². The second-order valence-corrected chi connectivity index (χ2v) is 5.90. The number of nitrogen functional groups attached to an aromatic ring is 1. The smallest absolute Gasteiger partial charge is 0.0883 e. The van der Waals surface area contributed by atoms with Gasteiger partial charge in [-0.15, -0.1) is 11.8 Å². The minimum atomic E-state index is -0.477. The Labute approximate surface area is 119 Å². The summed E-state index contributed by atoms with van der Waals surface area (Å²) >= 11 is 4.98. The van der Waals surface area contributed by atoms with Gasteiger partial charge in [0, 0.05) is 20.8 Å². The van der Waals surface area contributed by atoms with Crippen LogP contribution in [-0.4, -0.2) is 10.9 Å². The molecule has 0 aliphatic carbocycles. The monoisotopic (exact) mass is 323 g/mol. The standard InChI is InChI=1S/C14H14BrNOS/c15-11-6-7-12(16)14(8-11)18-9-13(17)10-4-2-1-3-5-10/h1-8,13,17H,9,16H2. The summed E-state index contributed by atoms with van der Waals surface area (Å²) in [6, 6.07) is 15.4. The van der Waals surface area contributed by atoms with Crippen molar-refractivity contribution < 1.29 is 5.11 Å². The topological polar surface area (TPSA) is 46.2 Å². The zero-order valence-corrected chi connectivity index (χ0v) is 12.1. The first-order chi connectivity index (χ1) is 8.66. The lowest BCUT2D eigenvalue weighted by Crippen LogP contribution is -2.00. The molecule has 0 saturated carbocycles. The maximum atomic E-state index is 10.1. The minimum absolute atomic E-state index is 0.477.